The van der Waals surface area contributed by atoms with Crippen molar-refractivity contribution in [2.45, 2.75) is 81.9 Å². The molecule has 13 nitrogen and oxygen atoms in total. The number of aliphatic hydroxyl groups excluding tert-OH is 2. The fourth-order valence-electron chi connectivity index (χ4n) is 6.50. The molecule has 8 atom stereocenters. The SMILES string of the molecule is COC1=CC(=O)c2c(O)c3c(c(C)c2C1=O)C[C@@]1(O)C(OC2CCC(O)C(C)O2)C(O)C(C(C)=O)C(=O)[C@]1(O)C3=O. The normalized spacial score (nSPS) is 36.7. The number of hydrogen-bond donors (Lipinski definition) is 5. The molecule has 0 spiro atoms. The van der Waals surface area contributed by atoms with E-state index in [0.29, 0.717) is 0 Å². The Hall–Kier alpha value is -3.33. The maximum absolute atomic E-state index is 14.0. The second-order valence-corrected chi connectivity index (χ2v) is 11.0. The molecule has 6 unspecified atom stereocenters. The van der Waals surface area contributed by atoms with Gasteiger partial charge in [0.05, 0.1) is 30.4 Å². The van der Waals surface area contributed by atoms with Crippen LogP contribution in [0.25, 0.3) is 0 Å². The predicted octanol–water partition coefficient (Wildman–Crippen LogP) is -0.769. The minimum absolute atomic E-state index is 0.0160. The number of methoxy groups -OCH3 is 1. The van der Waals surface area contributed by atoms with E-state index in [9.17, 15) is 49.5 Å². The molecule has 5 N–H and O–H groups in total. The Bertz CT molecular complexity index is 1440. The highest BCUT2D eigenvalue weighted by molar-refractivity contribution is 6.30. The molecule has 5 rings (SSSR count). The van der Waals surface area contributed by atoms with Crippen LogP contribution in [0, 0.1) is 12.8 Å². The van der Waals surface area contributed by atoms with Gasteiger partial charge in [-0.3, -0.25) is 24.0 Å². The van der Waals surface area contributed by atoms with Crippen molar-refractivity contribution in [2.24, 2.45) is 5.92 Å². The molecule has 1 aromatic carbocycles. The van der Waals surface area contributed by atoms with Gasteiger partial charge in [0.1, 0.15) is 35.3 Å². The zero-order chi connectivity index (χ0) is 30.3. The maximum Gasteiger partial charge on any atom is 0.228 e. The maximum atomic E-state index is 14.0. The molecule has 220 valence electrons. The second-order valence-electron chi connectivity index (χ2n) is 11.0. The Balaban J connectivity index is 1.72. The number of phenols is 1. The van der Waals surface area contributed by atoms with Crippen molar-refractivity contribution in [3.05, 3.63) is 39.7 Å². The van der Waals surface area contributed by atoms with Crippen molar-refractivity contribution in [2.75, 3.05) is 7.11 Å². The molecule has 2 fully saturated rings. The van der Waals surface area contributed by atoms with Crippen molar-refractivity contribution < 1.29 is 63.7 Å². The summed E-state index contributed by atoms with van der Waals surface area (Å²) >= 11 is 0. The lowest BCUT2D eigenvalue weighted by Crippen LogP contribution is -2.80. The van der Waals surface area contributed by atoms with Crippen LogP contribution in [0.2, 0.25) is 0 Å². The van der Waals surface area contributed by atoms with Gasteiger partial charge in [0, 0.05) is 24.5 Å². The third-order valence-electron chi connectivity index (χ3n) is 8.77. The van der Waals surface area contributed by atoms with Crippen LogP contribution in [0.1, 0.15) is 68.9 Å². The number of ketones is 5. The van der Waals surface area contributed by atoms with Crippen LogP contribution in [-0.4, -0.2) is 103 Å². The first-order chi connectivity index (χ1) is 19.1. The molecule has 0 amide bonds. The zero-order valence-electron chi connectivity index (χ0n) is 22.7. The highest BCUT2D eigenvalue weighted by Gasteiger charge is 2.74. The highest BCUT2D eigenvalue weighted by Crippen LogP contribution is 2.52. The largest absolute Gasteiger partial charge is 0.506 e. The van der Waals surface area contributed by atoms with Crippen LogP contribution >= 0.6 is 0 Å². The van der Waals surface area contributed by atoms with Crippen molar-refractivity contribution >= 4 is 28.9 Å². The molecule has 1 saturated heterocycles. The van der Waals surface area contributed by atoms with Gasteiger partial charge in [-0.2, -0.15) is 0 Å². The molecule has 1 aliphatic heterocycles. The van der Waals surface area contributed by atoms with E-state index in [1.807, 2.05) is 0 Å². The number of allylic oxidation sites excluding steroid dienone is 2. The molecular formula is C28H30O13. The van der Waals surface area contributed by atoms with Gasteiger partial charge >= 0.3 is 0 Å². The summed E-state index contributed by atoms with van der Waals surface area (Å²) in [4.78, 5) is 66.2. The lowest BCUT2D eigenvalue weighted by atomic mass is 9.55. The average molecular weight is 575 g/mol. The fourth-order valence-corrected chi connectivity index (χ4v) is 6.50. The van der Waals surface area contributed by atoms with Crippen LogP contribution in [-0.2, 0) is 30.2 Å². The molecular weight excluding hydrogens is 544 g/mol. The van der Waals surface area contributed by atoms with E-state index in [1.165, 1.54) is 6.92 Å². The van der Waals surface area contributed by atoms with Crippen molar-refractivity contribution in [3.8, 4) is 5.75 Å². The van der Waals surface area contributed by atoms with Gasteiger partial charge in [0.2, 0.25) is 17.2 Å². The van der Waals surface area contributed by atoms with Gasteiger partial charge in [0.25, 0.3) is 0 Å². The topological polar surface area (TPSA) is 214 Å². The van der Waals surface area contributed by atoms with E-state index < -0.39 is 100 Å². The van der Waals surface area contributed by atoms with Crippen LogP contribution in [0.5, 0.6) is 5.75 Å². The van der Waals surface area contributed by atoms with Gasteiger partial charge < -0.3 is 39.7 Å². The van der Waals surface area contributed by atoms with Crippen molar-refractivity contribution in [1.82, 2.24) is 0 Å². The first-order valence-electron chi connectivity index (χ1n) is 13.1. The molecule has 1 aromatic rings. The van der Waals surface area contributed by atoms with Crippen LogP contribution in [0.3, 0.4) is 0 Å². The average Bonchev–Trinajstić information content (AvgIpc) is 2.90. The predicted molar refractivity (Wildman–Crippen MR) is 134 cm³/mol. The number of benzene rings is 1. The van der Waals surface area contributed by atoms with E-state index in [2.05, 4.69) is 0 Å². The van der Waals surface area contributed by atoms with Crippen molar-refractivity contribution in [1.29, 1.82) is 0 Å². The molecule has 3 aliphatic carbocycles. The minimum Gasteiger partial charge on any atom is -0.506 e. The molecule has 1 saturated carbocycles. The van der Waals surface area contributed by atoms with Gasteiger partial charge in [-0.15, -0.1) is 0 Å². The first-order valence-corrected chi connectivity index (χ1v) is 13.1. The third-order valence-corrected chi connectivity index (χ3v) is 8.77. The summed E-state index contributed by atoms with van der Waals surface area (Å²) in [6.45, 7) is 3.86. The molecule has 13 heteroatoms. The summed E-state index contributed by atoms with van der Waals surface area (Å²) in [5.74, 6) is -8.95. The number of hydrogen-bond acceptors (Lipinski definition) is 13. The molecule has 41 heavy (non-hydrogen) atoms. The number of carbonyl (C=O) groups is 5. The van der Waals surface area contributed by atoms with E-state index in [-0.39, 0.29) is 35.3 Å². The number of rotatable bonds is 4. The Morgan fingerprint density at radius 2 is 1.73 bits per heavy atom. The number of fused-ring (bicyclic) bond motifs is 3. The van der Waals surface area contributed by atoms with E-state index in [1.54, 1.807) is 6.92 Å². The Morgan fingerprint density at radius 1 is 1.07 bits per heavy atom. The standard InChI is InChI=1S/C28H30O13/c1-9-12-8-27(37)26(41-16-6-5-13(30)11(3)40-16)23(34)18(10(2)29)24(35)28(27,38)25(36)19(12)22(33)20-14(31)7-15(39-4)21(32)17(9)20/h7,11,13,16,18,23,26,30,33-34,37-38H,5-6,8H2,1-4H3/t11?,13?,16?,18?,23?,26?,27-,28+/m1/s1. The number of aliphatic hydroxyl groups is 4. The summed E-state index contributed by atoms with van der Waals surface area (Å²) in [6, 6.07) is 0. The van der Waals surface area contributed by atoms with Crippen LogP contribution < -0.4 is 0 Å². The van der Waals surface area contributed by atoms with Crippen LogP contribution in [0.15, 0.2) is 11.8 Å². The number of carbonyl (C=O) groups excluding carboxylic acids is 5. The number of Topliss-reactive ketones (excluding diaryl/α,β-unsaturated/α-hetero) is 4. The monoisotopic (exact) mass is 574 g/mol. The molecule has 1 heterocycles. The highest BCUT2D eigenvalue weighted by atomic mass is 16.7. The third kappa shape index (κ3) is 3.80. The Morgan fingerprint density at radius 3 is 2.32 bits per heavy atom. The molecule has 0 bridgehead atoms. The quantitative estimate of drug-likeness (QED) is 0.280. The number of aromatic hydroxyl groups is 1. The summed E-state index contributed by atoms with van der Waals surface area (Å²) in [6.07, 6.45) is -6.44. The number of phenolic OH excluding ortho intramolecular Hbond substituents is 1. The molecule has 4 aliphatic rings. The summed E-state index contributed by atoms with van der Waals surface area (Å²) in [7, 11) is 1.16. The smallest absolute Gasteiger partial charge is 0.228 e. The summed E-state index contributed by atoms with van der Waals surface area (Å²) in [5, 5.41) is 56.3. The summed E-state index contributed by atoms with van der Waals surface area (Å²) in [5.41, 5.74) is -8.05. The van der Waals surface area contributed by atoms with E-state index >= 15 is 0 Å². The molecule has 0 radical (unpaired) electrons. The lowest BCUT2D eigenvalue weighted by Gasteiger charge is -2.55. The second kappa shape index (κ2) is 9.61. The van der Waals surface area contributed by atoms with E-state index in [4.69, 9.17) is 14.2 Å². The van der Waals surface area contributed by atoms with Gasteiger partial charge in [0.15, 0.2) is 23.6 Å². The van der Waals surface area contributed by atoms with Gasteiger partial charge in [-0.05, 0) is 38.3 Å². The summed E-state index contributed by atoms with van der Waals surface area (Å²) < 4.78 is 16.5. The Labute approximate surface area is 233 Å². The fraction of sp³-hybridized carbons (Fsp3) is 0.536. The van der Waals surface area contributed by atoms with Gasteiger partial charge in [-0.1, -0.05) is 0 Å². The Kier molecular flexibility index (Phi) is 6.84. The molecule has 0 aromatic heterocycles. The zero-order valence-corrected chi connectivity index (χ0v) is 22.7. The van der Waals surface area contributed by atoms with E-state index in [0.717, 1.165) is 20.1 Å². The van der Waals surface area contributed by atoms with Crippen molar-refractivity contribution in [3.63, 3.8) is 0 Å². The van der Waals surface area contributed by atoms with Gasteiger partial charge in [-0.25, -0.2) is 0 Å². The minimum atomic E-state index is -3.41. The lowest BCUT2D eigenvalue weighted by molar-refractivity contribution is -0.303. The van der Waals surface area contributed by atoms with Crippen LogP contribution in [0.4, 0.5) is 0 Å². The first kappa shape index (κ1) is 29.2. The number of ether oxygens (including phenoxy) is 3.